The van der Waals surface area contributed by atoms with Crippen molar-refractivity contribution in [2.24, 2.45) is 10.9 Å². The van der Waals surface area contributed by atoms with E-state index in [9.17, 15) is 4.79 Å². The molecule has 1 aliphatic heterocycles. The van der Waals surface area contributed by atoms with Crippen molar-refractivity contribution < 1.29 is 9.53 Å². The summed E-state index contributed by atoms with van der Waals surface area (Å²) in [4.78, 5) is 18.7. The molecule has 3 rings (SSSR count). The van der Waals surface area contributed by atoms with Crippen LogP contribution in [0.4, 0.5) is 5.69 Å². The number of anilines is 1. The number of amides is 1. The van der Waals surface area contributed by atoms with E-state index in [-0.39, 0.29) is 29.9 Å². The quantitative estimate of drug-likeness (QED) is 0.315. The van der Waals surface area contributed by atoms with Crippen molar-refractivity contribution in [3.05, 3.63) is 59.7 Å². The van der Waals surface area contributed by atoms with Crippen LogP contribution >= 0.6 is 24.0 Å². The van der Waals surface area contributed by atoms with Gasteiger partial charge in [-0.1, -0.05) is 36.4 Å². The maximum atomic E-state index is 11.5. The van der Waals surface area contributed by atoms with Crippen LogP contribution in [0, 0.1) is 5.92 Å². The number of hydrogen-bond donors (Lipinski definition) is 2. The van der Waals surface area contributed by atoms with Crippen LogP contribution in [0.15, 0.2) is 53.5 Å². The Labute approximate surface area is 202 Å². The predicted molar refractivity (Wildman–Crippen MR) is 137 cm³/mol. The number of carbonyl (C=O) groups excluding carboxylic acids is 1. The molecular formula is C24H33IN4O2. The number of nitrogens with zero attached hydrogens (tertiary/aromatic N) is 2. The second-order valence-electron chi connectivity index (χ2n) is 7.68. The van der Waals surface area contributed by atoms with Crippen molar-refractivity contribution >= 4 is 41.5 Å². The summed E-state index contributed by atoms with van der Waals surface area (Å²) in [5, 5.41) is 6.25. The monoisotopic (exact) mass is 536 g/mol. The van der Waals surface area contributed by atoms with E-state index in [1.54, 1.807) is 7.11 Å². The second-order valence-corrected chi connectivity index (χ2v) is 7.68. The normalized spacial score (nSPS) is 15.9. The molecule has 0 bridgehead atoms. The molecule has 168 valence electrons. The van der Waals surface area contributed by atoms with Crippen LogP contribution in [0.2, 0.25) is 0 Å². The number of benzene rings is 2. The van der Waals surface area contributed by atoms with Gasteiger partial charge in [0.1, 0.15) is 5.75 Å². The van der Waals surface area contributed by atoms with E-state index in [2.05, 4.69) is 52.8 Å². The highest BCUT2D eigenvalue weighted by Crippen LogP contribution is 2.26. The lowest BCUT2D eigenvalue weighted by atomic mass is 9.99. The number of rotatable bonds is 7. The Morgan fingerprint density at radius 2 is 1.97 bits per heavy atom. The van der Waals surface area contributed by atoms with Gasteiger partial charge in [-0.2, -0.15) is 0 Å². The van der Waals surface area contributed by atoms with E-state index in [1.807, 2.05) is 18.2 Å². The minimum Gasteiger partial charge on any atom is -0.495 e. The van der Waals surface area contributed by atoms with Crippen molar-refractivity contribution in [1.82, 2.24) is 10.2 Å². The number of likely N-dealkylation sites (tertiary alicyclic amines) is 1. The zero-order valence-electron chi connectivity index (χ0n) is 18.6. The smallest absolute Gasteiger partial charge is 0.221 e. The largest absolute Gasteiger partial charge is 0.495 e. The van der Waals surface area contributed by atoms with E-state index in [4.69, 9.17) is 9.73 Å². The Balaban J connectivity index is 0.00000341. The first-order valence-electron chi connectivity index (χ1n) is 10.6. The molecule has 2 N–H and O–H groups in total. The topological polar surface area (TPSA) is 66.0 Å². The summed E-state index contributed by atoms with van der Waals surface area (Å²) in [6, 6.07) is 16.5. The van der Waals surface area contributed by atoms with Gasteiger partial charge in [0.15, 0.2) is 5.96 Å². The molecule has 1 unspecified atom stereocenters. The molecule has 0 radical (unpaired) electrons. The fraction of sp³-hybridized carbons (Fsp3) is 0.417. The minimum atomic E-state index is -0.121. The molecule has 2 aromatic rings. The van der Waals surface area contributed by atoms with Crippen LogP contribution in [0.25, 0.3) is 0 Å². The summed E-state index contributed by atoms with van der Waals surface area (Å²) < 4.78 is 5.34. The van der Waals surface area contributed by atoms with Crippen molar-refractivity contribution in [3.63, 3.8) is 0 Å². The van der Waals surface area contributed by atoms with Crippen LogP contribution in [0.5, 0.6) is 5.75 Å². The SMILES string of the molecule is CCNC(=NCc1ccc(OC)c(NC(C)=O)c1)N1CCC(Cc2ccccc2)C1.I. The molecule has 1 amide bonds. The molecule has 0 saturated carbocycles. The first-order chi connectivity index (χ1) is 14.6. The Morgan fingerprint density at radius 1 is 1.19 bits per heavy atom. The summed E-state index contributed by atoms with van der Waals surface area (Å²) in [7, 11) is 1.60. The van der Waals surface area contributed by atoms with Crippen molar-refractivity contribution in [2.45, 2.75) is 33.2 Å². The van der Waals surface area contributed by atoms with Gasteiger partial charge in [0.05, 0.1) is 19.3 Å². The van der Waals surface area contributed by atoms with E-state index in [0.717, 1.165) is 37.6 Å². The minimum absolute atomic E-state index is 0. The number of methoxy groups -OCH3 is 1. The van der Waals surface area contributed by atoms with Gasteiger partial charge in [-0.15, -0.1) is 24.0 Å². The van der Waals surface area contributed by atoms with E-state index < -0.39 is 0 Å². The highest BCUT2D eigenvalue weighted by atomic mass is 127. The summed E-state index contributed by atoms with van der Waals surface area (Å²) in [6.45, 7) is 6.99. The summed E-state index contributed by atoms with van der Waals surface area (Å²) >= 11 is 0. The number of nitrogens with one attached hydrogen (secondary N) is 2. The lowest BCUT2D eigenvalue weighted by Gasteiger charge is -2.22. The van der Waals surface area contributed by atoms with Crippen molar-refractivity contribution in [1.29, 1.82) is 0 Å². The van der Waals surface area contributed by atoms with Crippen LogP contribution in [0.3, 0.4) is 0 Å². The molecule has 0 spiro atoms. The molecular weight excluding hydrogens is 503 g/mol. The maximum Gasteiger partial charge on any atom is 0.221 e. The molecule has 7 heteroatoms. The lowest BCUT2D eigenvalue weighted by molar-refractivity contribution is -0.114. The second kappa shape index (κ2) is 12.5. The molecule has 1 heterocycles. The fourth-order valence-electron chi connectivity index (χ4n) is 3.87. The molecule has 1 fully saturated rings. The number of ether oxygens (including phenoxy) is 1. The van der Waals surface area contributed by atoms with Crippen LogP contribution in [-0.2, 0) is 17.8 Å². The van der Waals surface area contributed by atoms with E-state index >= 15 is 0 Å². The molecule has 0 aromatic heterocycles. The summed E-state index contributed by atoms with van der Waals surface area (Å²) in [5.74, 6) is 2.12. The van der Waals surface area contributed by atoms with Gasteiger partial charge >= 0.3 is 0 Å². The summed E-state index contributed by atoms with van der Waals surface area (Å²) in [5.41, 5.74) is 3.09. The highest BCUT2D eigenvalue weighted by Gasteiger charge is 2.25. The summed E-state index contributed by atoms with van der Waals surface area (Å²) in [6.07, 6.45) is 2.28. The van der Waals surface area contributed by atoms with E-state index in [1.165, 1.54) is 18.9 Å². The van der Waals surface area contributed by atoms with Crippen molar-refractivity contribution in [3.8, 4) is 5.75 Å². The van der Waals surface area contributed by atoms with E-state index in [0.29, 0.717) is 23.9 Å². The first-order valence-corrected chi connectivity index (χ1v) is 10.6. The van der Waals surface area contributed by atoms with Gasteiger partial charge in [-0.05, 0) is 48.9 Å². The fourth-order valence-corrected chi connectivity index (χ4v) is 3.87. The van der Waals surface area contributed by atoms with Gasteiger partial charge in [-0.25, -0.2) is 4.99 Å². The molecule has 0 aliphatic carbocycles. The molecule has 1 saturated heterocycles. The number of carbonyl (C=O) groups is 1. The third-order valence-corrected chi connectivity index (χ3v) is 5.27. The molecule has 1 aliphatic rings. The number of aliphatic imine (C=N–C) groups is 1. The zero-order valence-corrected chi connectivity index (χ0v) is 20.9. The predicted octanol–water partition coefficient (Wildman–Crippen LogP) is 4.30. The van der Waals surface area contributed by atoms with Crippen LogP contribution < -0.4 is 15.4 Å². The lowest BCUT2D eigenvalue weighted by Crippen LogP contribution is -2.40. The highest BCUT2D eigenvalue weighted by molar-refractivity contribution is 14.0. The molecule has 31 heavy (non-hydrogen) atoms. The number of halogens is 1. The van der Waals surface area contributed by atoms with Gasteiger partial charge in [0.2, 0.25) is 5.91 Å². The maximum absolute atomic E-state index is 11.5. The first kappa shape index (κ1) is 25.0. The Kier molecular flexibility index (Phi) is 10.1. The number of hydrogen-bond acceptors (Lipinski definition) is 3. The number of guanidine groups is 1. The van der Waals surface area contributed by atoms with Gasteiger partial charge < -0.3 is 20.3 Å². The zero-order chi connectivity index (χ0) is 21.3. The standard InChI is InChI=1S/C24H32N4O2.HI/c1-4-25-24(28-13-12-21(17-28)14-19-8-6-5-7-9-19)26-16-20-10-11-23(30-3)22(15-20)27-18(2)29;/h5-11,15,21H,4,12-14,16-17H2,1-3H3,(H,25,26)(H,27,29);1H. The average molecular weight is 536 g/mol. The molecule has 1 atom stereocenters. The molecule has 6 nitrogen and oxygen atoms in total. The molecule has 2 aromatic carbocycles. The third-order valence-electron chi connectivity index (χ3n) is 5.27. The van der Waals surface area contributed by atoms with Crippen LogP contribution in [-0.4, -0.2) is 43.5 Å². The van der Waals surface area contributed by atoms with Crippen molar-refractivity contribution in [2.75, 3.05) is 32.1 Å². The Morgan fingerprint density at radius 3 is 2.65 bits per heavy atom. The van der Waals surface area contributed by atoms with Gasteiger partial charge in [-0.3, -0.25) is 4.79 Å². The van der Waals surface area contributed by atoms with Gasteiger partial charge in [0.25, 0.3) is 0 Å². The third kappa shape index (κ3) is 7.41. The Hall–Kier alpha value is -2.29. The Bertz CT molecular complexity index is 873. The van der Waals surface area contributed by atoms with Crippen LogP contribution in [0.1, 0.15) is 31.4 Å². The van der Waals surface area contributed by atoms with Gasteiger partial charge in [0, 0.05) is 26.6 Å². The average Bonchev–Trinajstić information content (AvgIpc) is 3.20.